The monoisotopic (exact) mass is 233 g/mol. The van der Waals surface area contributed by atoms with Crippen molar-refractivity contribution < 1.29 is 8.42 Å². The molecule has 14 heavy (non-hydrogen) atoms. The van der Waals surface area contributed by atoms with Crippen LogP contribution < -0.4 is 0 Å². The van der Waals surface area contributed by atoms with Gasteiger partial charge >= 0.3 is 0 Å². The Hall–Kier alpha value is -0.343. The molecule has 1 atom stereocenters. The third-order valence-electron chi connectivity index (χ3n) is 2.32. The normalized spacial score (nSPS) is 15.9. The number of rotatable bonds is 6. The molecule has 0 rings (SSSR count). The molecule has 0 amide bonds. The van der Waals surface area contributed by atoms with Crippen LogP contribution in [0.2, 0.25) is 18.6 Å². The number of hydrogen-bond acceptors (Lipinski definition) is 3. The van der Waals surface area contributed by atoms with Crippen LogP contribution in [-0.2, 0) is 9.84 Å². The molecule has 0 aliphatic heterocycles. The Morgan fingerprint density at radius 3 is 2.29 bits per heavy atom. The minimum Gasteiger partial charge on any atom is -0.229 e. The largest absolute Gasteiger partial charge is 0.229 e. The Bertz CT molecular complexity index is 307. The molecular formula is C9H19NO2SSi. The van der Waals surface area contributed by atoms with Crippen molar-refractivity contribution in [2.45, 2.75) is 38.4 Å². The van der Waals surface area contributed by atoms with E-state index >= 15 is 0 Å². The number of nitrogens with zero attached hydrogens (tertiary/aromatic N) is 1. The zero-order valence-electron chi connectivity index (χ0n) is 9.21. The average Bonchev–Trinajstić information content (AvgIpc) is 2.02. The highest BCUT2D eigenvalue weighted by molar-refractivity contribution is 7.90. The lowest BCUT2D eigenvalue weighted by atomic mass is 10.6. The van der Waals surface area contributed by atoms with E-state index in [0.29, 0.717) is 6.42 Å². The van der Waals surface area contributed by atoms with Crippen molar-refractivity contribution in [2.24, 2.45) is 0 Å². The first-order valence-corrected chi connectivity index (χ1v) is 9.89. The Morgan fingerprint density at radius 2 is 1.93 bits per heavy atom. The molecule has 0 saturated carbocycles. The SMILES string of the molecule is CCC[Si](C)(C#N)CCCS(C)(=O)=O. The fourth-order valence-corrected chi connectivity index (χ4v) is 4.97. The van der Waals surface area contributed by atoms with E-state index in [0.717, 1.165) is 18.5 Å². The van der Waals surface area contributed by atoms with Gasteiger partial charge in [0, 0.05) is 17.7 Å². The van der Waals surface area contributed by atoms with Gasteiger partial charge in [0.05, 0.1) is 0 Å². The smallest absolute Gasteiger partial charge is 0.170 e. The van der Waals surface area contributed by atoms with Crippen LogP contribution >= 0.6 is 0 Å². The van der Waals surface area contributed by atoms with Crippen molar-refractivity contribution >= 4 is 17.9 Å². The maximum absolute atomic E-state index is 10.9. The van der Waals surface area contributed by atoms with E-state index in [2.05, 4.69) is 12.6 Å². The van der Waals surface area contributed by atoms with Crippen LogP contribution in [0.3, 0.4) is 0 Å². The van der Waals surface area contributed by atoms with Crippen molar-refractivity contribution in [2.75, 3.05) is 12.0 Å². The number of nitriles is 1. The van der Waals surface area contributed by atoms with Gasteiger partial charge in [-0.05, 0) is 18.5 Å². The first-order valence-electron chi connectivity index (χ1n) is 4.92. The van der Waals surface area contributed by atoms with Gasteiger partial charge in [0.2, 0.25) is 0 Å². The van der Waals surface area contributed by atoms with Crippen molar-refractivity contribution in [3.05, 3.63) is 0 Å². The molecule has 1 unspecified atom stereocenters. The summed E-state index contributed by atoms with van der Waals surface area (Å²) < 4.78 is 21.8. The Morgan fingerprint density at radius 1 is 1.36 bits per heavy atom. The molecule has 5 heteroatoms. The minimum absolute atomic E-state index is 0.223. The first kappa shape index (κ1) is 13.7. The maximum atomic E-state index is 10.9. The van der Waals surface area contributed by atoms with Crippen molar-refractivity contribution in [1.82, 2.24) is 0 Å². The van der Waals surface area contributed by atoms with E-state index in [1.54, 1.807) is 0 Å². The molecule has 0 saturated heterocycles. The standard InChI is InChI=1S/C9H19NO2SSi/c1-4-7-14(3,9-10)8-5-6-13(2,11)12/h4-8H2,1-3H3. The second-order valence-corrected chi connectivity index (χ2v) is 10.8. The van der Waals surface area contributed by atoms with Crippen LogP contribution in [0.4, 0.5) is 0 Å². The van der Waals surface area contributed by atoms with Gasteiger partial charge in [-0.25, -0.2) is 13.7 Å². The quantitative estimate of drug-likeness (QED) is 0.659. The summed E-state index contributed by atoms with van der Waals surface area (Å²) in [7, 11) is -4.64. The molecule has 0 fully saturated rings. The number of sulfone groups is 1. The second-order valence-electron chi connectivity index (χ2n) is 4.16. The molecule has 0 aliphatic rings. The summed E-state index contributed by atoms with van der Waals surface area (Å²) in [6, 6.07) is 1.79. The van der Waals surface area contributed by atoms with Gasteiger partial charge < -0.3 is 0 Å². The van der Waals surface area contributed by atoms with Gasteiger partial charge in [-0.3, -0.25) is 0 Å². The van der Waals surface area contributed by atoms with E-state index in [-0.39, 0.29) is 5.75 Å². The van der Waals surface area contributed by atoms with Crippen LogP contribution in [0, 0.1) is 11.0 Å². The highest BCUT2D eigenvalue weighted by atomic mass is 32.2. The van der Waals surface area contributed by atoms with Gasteiger partial charge in [-0.15, -0.1) is 0 Å². The molecule has 0 N–H and O–H groups in total. The summed E-state index contributed by atoms with van der Waals surface area (Å²) in [5.41, 5.74) is 2.41. The van der Waals surface area contributed by atoms with Crippen LogP contribution in [0.5, 0.6) is 0 Å². The fraction of sp³-hybridized carbons (Fsp3) is 0.889. The molecule has 0 aromatic heterocycles. The Labute approximate surface area is 88.1 Å². The van der Waals surface area contributed by atoms with Gasteiger partial charge in [-0.1, -0.05) is 19.9 Å². The molecular weight excluding hydrogens is 214 g/mol. The molecule has 0 bridgehead atoms. The highest BCUT2D eigenvalue weighted by Crippen LogP contribution is 2.18. The third-order valence-corrected chi connectivity index (χ3v) is 6.95. The van der Waals surface area contributed by atoms with Gasteiger partial charge in [0.25, 0.3) is 0 Å². The maximum Gasteiger partial charge on any atom is 0.170 e. The number of hydrogen-bond donors (Lipinski definition) is 0. The molecule has 0 heterocycles. The van der Waals surface area contributed by atoms with E-state index < -0.39 is 17.9 Å². The lowest BCUT2D eigenvalue weighted by Crippen LogP contribution is -2.28. The third kappa shape index (κ3) is 6.16. The Kier molecular flexibility index (Phi) is 5.38. The van der Waals surface area contributed by atoms with E-state index in [4.69, 9.17) is 5.26 Å². The first-order chi connectivity index (χ1) is 6.33. The lowest BCUT2D eigenvalue weighted by molar-refractivity contribution is 0.600. The predicted octanol–water partition coefficient (Wildman–Crippen LogP) is 1.97. The van der Waals surface area contributed by atoms with E-state index in [1.165, 1.54) is 6.26 Å². The summed E-state index contributed by atoms with van der Waals surface area (Å²) in [6.07, 6.45) is 2.92. The van der Waals surface area contributed by atoms with Crippen LogP contribution in [0.1, 0.15) is 19.8 Å². The average molecular weight is 233 g/mol. The molecule has 0 aromatic carbocycles. The zero-order valence-corrected chi connectivity index (χ0v) is 11.0. The molecule has 82 valence electrons. The predicted molar refractivity (Wildman–Crippen MR) is 61.5 cm³/mol. The molecule has 3 nitrogen and oxygen atoms in total. The van der Waals surface area contributed by atoms with Crippen molar-refractivity contribution in [3.63, 3.8) is 0 Å². The van der Waals surface area contributed by atoms with Crippen LogP contribution in [0.15, 0.2) is 0 Å². The van der Waals surface area contributed by atoms with E-state index in [1.807, 2.05) is 6.55 Å². The van der Waals surface area contributed by atoms with Gasteiger partial charge in [-0.2, -0.15) is 0 Å². The highest BCUT2D eigenvalue weighted by Gasteiger charge is 2.26. The minimum atomic E-state index is -2.86. The summed E-state index contributed by atoms with van der Waals surface area (Å²) in [5, 5.41) is 9.01. The summed E-state index contributed by atoms with van der Waals surface area (Å²) in [6.45, 7) is 4.11. The Balaban J connectivity index is 4.04. The summed E-state index contributed by atoms with van der Waals surface area (Å²) in [5.74, 6) is 0.223. The second kappa shape index (κ2) is 5.52. The van der Waals surface area contributed by atoms with Crippen molar-refractivity contribution in [3.8, 4) is 5.69 Å². The fourth-order valence-electron chi connectivity index (χ4n) is 1.51. The van der Waals surface area contributed by atoms with Gasteiger partial charge in [0.1, 0.15) is 9.84 Å². The van der Waals surface area contributed by atoms with Crippen molar-refractivity contribution in [1.29, 1.82) is 5.26 Å². The van der Waals surface area contributed by atoms with Crippen LogP contribution in [0.25, 0.3) is 0 Å². The van der Waals surface area contributed by atoms with Crippen LogP contribution in [-0.4, -0.2) is 28.5 Å². The molecule has 0 aliphatic carbocycles. The topological polar surface area (TPSA) is 57.9 Å². The molecule has 0 spiro atoms. The zero-order chi connectivity index (χ0) is 11.2. The molecule has 0 aromatic rings. The lowest BCUT2D eigenvalue weighted by Gasteiger charge is -2.16. The van der Waals surface area contributed by atoms with E-state index in [9.17, 15) is 8.42 Å². The van der Waals surface area contributed by atoms with Gasteiger partial charge in [0.15, 0.2) is 8.07 Å². The summed E-state index contributed by atoms with van der Waals surface area (Å²) >= 11 is 0. The summed E-state index contributed by atoms with van der Waals surface area (Å²) in [4.78, 5) is 0. The molecule has 0 radical (unpaired) electrons.